The number of aromatic amines is 1. The van der Waals surface area contributed by atoms with Gasteiger partial charge in [-0.25, -0.2) is 0 Å². The number of nitrogens with one attached hydrogen (secondary N) is 1. The molecule has 0 bridgehead atoms. The second-order valence-corrected chi connectivity index (χ2v) is 17.0. The van der Waals surface area contributed by atoms with Crippen molar-refractivity contribution in [3.05, 3.63) is 65.0 Å². The Bertz CT molecular complexity index is 1510. The highest BCUT2D eigenvalue weighted by Gasteiger charge is 2.70. The molecule has 1 N–H and O–H groups in total. The van der Waals surface area contributed by atoms with Crippen LogP contribution in [0.15, 0.2) is 48.2 Å². The first-order valence-corrected chi connectivity index (χ1v) is 16.7. The van der Waals surface area contributed by atoms with Crippen LogP contribution in [0.3, 0.4) is 0 Å². The minimum atomic E-state index is -0.548. The lowest BCUT2D eigenvalue weighted by molar-refractivity contribution is -0.175. The Morgan fingerprint density at radius 2 is 1.70 bits per heavy atom. The maximum Gasteiger partial charge on any atom is 0.312 e. The van der Waals surface area contributed by atoms with Crippen LogP contribution in [0.25, 0.3) is 0 Å². The SMILES string of the molecule is CC1(C)c2[nH]ncc2C[C@]2(C)[C@H]3C(=O)C=C4[C@H]5C[C@@](C)(C(=O)OCc6ccccc6)CC[C@]5(C)CC[C@@]4(C)[C@]3(C)CC[C@@H]12. The molecule has 0 saturated heterocycles. The number of carbonyl (C=O) groups is 2. The summed E-state index contributed by atoms with van der Waals surface area (Å²) >= 11 is 0. The number of ether oxygens (including phenoxy) is 1. The summed E-state index contributed by atoms with van der Waals surface area (Å²) < 4.78 is 5.95. The topological polar surface area (TPSA) is 72.0 Å². The van der Waals surface area contributed by atoms with Crippen LogP contribution in [0, 0.1) is 44.8 Å². The van der Waals surface area contributed by atoms with Gasteiger partial charge in [0.15, 0.2) is 5.78 Å². The molecule has 8 atom stereocenters. The molecular weight excluding hydrogens is 532 g/mol. The number of hydrogen-bond acceptors (Lipinski definition) is 4. The number of carbonyl (C=O) groups excluding carboxylic acids is 2. The molecule has 5 aliphatic rings. The number of nitrogens with zero attached hydrogens (tertiary/aromatic N) is 1. The number of aromatic nitrogens is 2. The molecule has 1 aromatic heterocycles. The molecule has 7 rings (SSSR count). The highest BCUT2D eigenvalue weighted by molar-refractivity contribution is 5.96. The van der Waals surface area contributed by atoms with Gasteiger partial charge < -0.3 is 4.74 Å². The molecule has 43 heavy (non-hydrogen) atoms. The predicted octanol–water partition coefficient (Wildman–Crippen LogP) is 8.15. The van der Waals surface area contributed by atoms with Crippen molar-refractivity contribution in [2.45, 2.75) is 112 Å². The average molecular weight is 583 g/mol. The second kappa shape index (κ2) is 9.17. The number of esters is 1. The van der Waals surface area contributed by atoms with Crippen molar-refractivity contribution in [3.8, 4) is 0 Å². The molecule has 2 aromatic rings. The van der Waals surface area contributed by atoms with Crippen LogP contribution in [0.2, 0.25) is 0 Å². The third-order valence-corrected chi connectivity index (χ3v) is 14.4. The maximum absolute atomic E-state index is 14.7. The Morgan fingerprint density at radius 3 is 2.44 bits per heavy atom. The molecule has 5 heteroatoms. The molecule has 0 radical (unpaired) electrons. The van der Waals surface area contributed by atoms with Gasteiger partial charge in [-0.05, 0) is 109 Å². The quantitative estimate of drug-likeness (QED) is 0.371. The van der Waals surface area contributed by atoms with E-state index in [0.717, 1.165) is 56.9 Å². The molecule has 5 nitrogen and oxygen atoms in total. The summed E-state index contributed by atoms with van der Waals surface area (Å²) in [6.45, 7) is 16.9. The van der Waals surface area contributed by atoms with Crippen LogP contribution in [0.5, 0.6) is 0 Å². The first kappa shape index (κ1) is 29.0. The number of fused-ring (bicyclic) bond motifs is 8. The summed E-state index contributed by atoms with van der Waals surface area (Å²) in [5, 5.41) is 7.79. The van der Waals surface area contributed by atoms with E-state index in [1.807, 2.05) is 36.5 Å². The van der Waals surface area contributed by atoms with Crippen LogP contribution in [0.1, 0.15) is 110 Å². The Balaban J connectivity index is 1.24. The molecule has 1 aromatic carbocycles. The van der Waals surface area contributed by atoms with Crippen molar-refractivity contribution in [2.75, 3.05) is 0 Å². The summed E-state index contributed by atoms with van der Waals surface area (Å²) in [5.74, 6) is 0.841. The Labute approximate surface area is 257 Å². The fraction of sp³-hybridized carbons (Fsp3) is 0.658. The van der Waals surface area contributed by atoms with Gasteiger partial charge in [-0.15, -0.1) is 0 Å². The van der Waals surface area contributed by atoms with Crippen LogP contribution >= 0.6 is 0 Å². The van der Waals surface area contributed by atoms with Crippen molar-refractivity contribution in [2.24, 2.45) is 44.8 Å². The van der Waals surface area contributed by atoms with Crippen molar-refractivity contribution < 1.29 is 14.3 Å². The summed E-state index contributed by atoms with van der Waals surface area (Å²) in [5.41, 5.74) is 4.08. The summed E-state index contributed by atoms with van der Waals surface area (Å²) in [7, 11) is 0. The van der Waals surface area contributed by atoms with E-state index in [1.165, 1.54) is 16.8 Å². The highest BCUT2D eigenvalue weighted by Crippen LogP contribution is 2.74. The van der Waals surface area contributed by atoms with Crippen LogP contribution in [-0.2, 0) is 32.8 Å². The van der Waals surface area contributed by atoms with E-state index >= 15 is 0 Å². The molecule has 230 valence electrons. The predicted molar refractivity (Wildman–Crippen MR) is 168 cm³/mol. The molecule has 0 aliphatic heterocycles. The zero-order valence-electron chi connectivity index (χ0n) is 27.3. The van der Waals surface area contributed by atoms with E-state index in [2.05, 4.69) is 64.7 Å². The molecule has 5 aliphatic carbocycles. The molecule has 1 heterocycles. The van der Waals surface area contributed by atoms with Crippen LogP contribution in [0.4, 0.5) is 0 Å². The maximum atomic E-state index is 14.7. The van der Waals surface area contributed by atoms with Gasteiger partial charge in [-0.3, -0.25) is 14.7 Å². The third-order valence-electron chi connectivity index (χ3n) is 14.4. The Morgan fingerprint density at radius 1 is 0.977 bits per heavy atom. The first-order chi connectivity index (χ1) is 20.2. The van der Waals surface area contributed by atoms with Crippen molar-refractivity contribution in [1.82, 2.24) is 10.2 Å². The second-order valence-electron chi connectivity index (χ2n) is 17.0. The molecule has 0 spiro atoms. The van der Waals surface area contributed by atoms with E-state index in [9.17, 15) is 9.59 Å². The number of ketones is 1. The zero-order chi connectivity index (χ0) is 30.6. The average Bonchev–Trinajstić information content (AvgIpc) is 3.43. The minimum absolute atomic E-state index is 0.0232. The van der Waals surface area contributed by atoms with Crippen molar-refractivity contribution >= 4 is 11.8 Å². The lowest BCUT2D eigenvalue weighted by Gasteiger charge is -2.69. The zero-order valence-corrected chi connectivity index (χ0v) is 27.3. The number of allylic oxidation sites excluding steroid dienone is 2. The summed E-state index contributed by atoms with van der Waals surface area (Å²) in [6, 6.07) is 9.96. The molecule has 3 saturated carbocycles. The highest BCUT2D eigenvalue weighted by atomic mass is 16.5. The number of benzene rings is 1. The number of rotatable bonds is 3. The van der Waals surface area contributed by atoms with Crippen LogP contribution < -0.4 is 0 Å². The standard InChI is InChI=1S/C38H50N2O3/c1-33(2)29-13-14-38(7)30(36(29,5)20-25-22-39-40-31(25)33)28(41)19-26-27-21-35(4,16-15-34(27,3)17-18-37(26,38)6)32(42)43-23-24-11-9-8-10-12-24/h8-12,19,22,27,29-30H,13-18,20-21,23H2,1-7H3,(H,39,40)/t27-,29+,30-,34-,35+,36+,37-,38-/m1/s1. The van der Waals surface area contributed by atoms with Gasteiger partial charge in [0.2, 0.25) is 0 Å². The number of hydrogen-bond donors (Lipinski definition) is 1. The molecule has 0 unspecified atom stereocenters. The van der Waals surface area contributed by atoms with Crippen molar-refractivity contribution in [3.63, 3.8) is 0 Å². The van der Waals surface area contributed by atoms with E-state index in [-0.39, 0.29) is 44.9 Å². The van der Waals surface area contributed by atoms with Gasteiger partial charge in [-0.2, -0.15) is 5.10 Å². The van der Waals surface area contributed by atoms with E-state index in [4.69, 9.17) is 4.74 Å². The van der Waals surface area contributed by atoms with Gasteiger partial charge in [0.1, 0.15) is 6.61 Å². The molecular formula is C38H50N2O3. The van der Waals surface area contributed by atoms with Gasteiger partial charge in [0.25, 0.3) is 0 Å². The van der Waals surface area contributed by atoms with E-state index < -0.39 is 5.41 Å². The van der Waals surface area contributed by atoms with E-state index in [0.29, 0.717) is 18.3 Å². The third kappa shape index (κ3) is 3.84. The minimum Gasteiger partial charge on any atom is -0.460 e. The molecule has 3 fully saturated rings. The fourth-order valence-corrected chi connectivity index (χ4v) is 11.7. The van der Waals surface area contributed by atoms with Gasteiger partial charge in [0, 0.05) is 17.0 Å². The lowest BCUT2D eigenvalue weighted by atomic mass is 9.33. The Kier molecular flexibility index (Phi) is 6.20. The first-order valence-electron chi connectivity index (χ1n) is 16.7. The van der Waals surface area contributed by atoms with Gasteiger partial charge in [-0.1, -0.05) is 77.4 Å². The lowest BCUT2D eigenvalue weighted by Crippen LogP contribution is -2.66. The molecule has 0 amide bonds. The van der Waals surface area contributed by atoms with Gasteiger partial charge >= 0.3 is 5.97 Å². The summed E-state index contributed by atoms with van der Waals surface area (Å²) in [6.07, 6.45) is 12.1. The monoisotopic (exact) mass is 582 g/mol. The largest absolute Gasteiger partial charge is 0.460 e. The van der Waals surface area contributed by atoms with Crippen molar-refractivity contribution in [1.29, 1.82) is 0 Å². The Hall–Kier alpha value is -2.69. The summed E-state index contributed by atoms with van der Waals surface area (Å²) in [4.78, 5) is 28.4. The number of H-pyrrole nitrogens is 1. The smallest absolute Gasteiger partial charge is 0.312 e. The van der Waals surface area contributed by atoms with Gasteiger partial charge in [0.05, 0.1) is 11.6 Å². The normalized spacial score (nSPS) is 42.8. The van der Waals surface area contributed by atoms with E-state index in [1.54, 1.807) is 0 Å². The fourth-order valence-electron chi connectivity index (χ4n) is 11.7. The van der Waals surface area contributed by atoms with Crippen LogP contribution in [-0.4, -0.2) is 21.9 Å².